The highest BCUT2D eigenvalue weighted by Gasteiger charge is 2.48. The van der Waals surface area contributed by atoms with Gasteiger partial charge in [-0.1, -0.05) is 35.0 Å². The van der Waals surface area contributed by atoms with E-state index < -0.39 is 35.8 Å². The van der Waals surface area contributed by atoms with Crippen LogP contribution in [0, 0.1) is 0 Å². The number of halogens is 2. The predicted octanol–water partition coefficient (Wildman–Crippen LogP) is 1.78. The van der Waals surface area contributed by atoms with E-state index in [2.05, 4.69) is 0 Å². The number of carbonyl (C=O) groups is 3. The molecule has 0 aromatic heterocycles. The van der Waals surface area contributed by atoms with Gasteiger partial charge in [0.2, 0.25) is 0 Å². The Bertz CT molecular complexity index is 693. The van der Waals surface area contributed by atoms with Crippen LogP contribution in [0.15, 0.2) is 23.1 Å². The van der Waals surface area contributed by atoms with Crippen molar-refractivity contribution in [3.8, 4) is 0 Å². The zero-order valence-corrected chi connectivity index (χ0v) is 16.4. The largest absolute Gasteiger partial charge is 0.463 e. The summed E-state index contributed by atoms with van der Waals surface area (Å²) in [5.41, 5.74) is 5.33. The van der Waals surface area contributed by atoms with Crippen molar-refractivity contribution in [2.45, 2.75) is 41.6 Å². The predicted molar refractivity (Wildman–Crippen MR) is 97.5 cm³/mol. The topological polar surface area (TPSA) is 114 Å². The van der Waals surface area contributed by atoms with Crippen LogP contribution in [0.5, 0.6) is 0 Å². The Hall–Kier alpha value is -1.52. The van der Waals surface area contributed by atoms with E-state index in [0.29, 0.717) is 14.9 Å². The quantitative estimate of drug-likeness (QED) is 0.369. The van der Waals surface area contributed by atoms with Crippen molar-refractivity contribution in [2.24, 2.45) is 5.73 Å². The van der Waals surface area contributed by atoms with E-state index in [4.69, 9.17) is 47.9 Å². The highest BCUT2D eigenvalue weighted by Crippen LogP contribution is 2.39. The molecular formula is C16H17Cl2NO7S. The van der Waals surface area contributed by atoms with Crippen molar-refractivity contribution in [3.63, 3.8) is 0 Å². The molecule has 2 rings (SSSR count). The molecule has 0 radical (unpaired) electrons. The summed E-state index contributed by atoms with van der Waals surface area (Å²) < 4.78 is 20.9. The Morgan fingerprint density at radius 2 is 1.93 bits per heavy atom. The first-order valence-electron chi connectivity index (χ1n) is 7.71. The molecule has 0 spiro atoms. The summed E-state index contributed by atoms with van der Waals surface area (Å²) in [4.78, 5) is 33.5. The monoisotopic (exact) mass is 437 g/mol. The molecule has 27 heavy (non-hydrogen) atoms. The fourth-order valence-electron chi connectivity index (χ4n) is 2.53. The first-order chi connectivity index (χ1) is 12.9. The highest BCUT2D eigenvalue weighted by molar-refractivity contribution is 8.00. The number of esters is 1. The van der Waals surface area contributed by atoms with Crippen LogP contribution >= 0.6 is 35.0 Å². The molecule has 0 amide bonds. The molecule has 1 aliphatic rings. The molecule has 5 unspecified atom stereocenters. The number of hydrogen-bond donors (Lipinski definition) is 1. The van der Waals surface area contributed by atoms with Gasteiger partial charge in [-0.2, -0.15) is 0 Å². The zero-order valence-electron chi connectivity index (χ0n) is 14.1. The van der Waals surface area contributed by atoms with Crippen LogP contribution in [0.25, 0.3) is 0 Å². The van der Waals surface area contributed by atoms with Gasteiger partial charge in [0.05, 0.1) is 11.1 Å². The minimum Gasteiger partial charge on any atom is -0.463 e. The fourth-order valence-corrected chi connectivity index (χ4v) is 4.22. The van der Waals surface area contributed by atoms with Crippen molar-refractivity contribution in [3.05, 3.63) is 28.2 Å². The molecule has 0 saturated carbocycles. The molecule has 0 aliphatic carbocycles. The first kappa shape index (κ1) is 21.8. The number of hydrogen-bond acceptors (Lipinski definition) is 9. The van der Waals surface area contributed by atoms with E-state index in [1.165, 1.54) is 6.92 Å². The van der Waals surface area contributed by atoms with Crippen molar-refractivity contribution in [1.82, 2.24) is 0 Å². The number of ether oxygens (including phenoxy) is 4. The van der Waals surface area contributed by atoms with Gasteiger partial charge in [0.15, 0.2) is 6.10 Å². The Balaban J connectivity index is 2.28. The van der Waals surface area contributed by atoms with Crippen LogP contribution in [-0.2, 0) is 33.3 Å². The second kappa shape index (κ2) is 10.1. The van der Waals surface area contributed by atoms with Crippen molar-refractivity contribution >= 4 is 53.9 Å². The maximum atomic E-state index is 11.1. The van der Waals surface area contributed by atoms with Crippen LogP contribution in [0.1, 0.15) is 6.92 Å². The molecule has 1 aromatic rings. The lowest BCUT2D eigenvalue weighted by molar-refractivity contribution is -0.192. The third-order valence-corrected chi connectivity index (χ3v) is 5.60. The maximum Gasteiger partial charge on any atom is 0.302 e. The SMILES string of the molecule is CC(=O)OCC1OC(Sc2cc(Cl)ccc2Cl)C(OC=O)C(N)C1OC=O. The lowest BCUT2D eigenvalue weighted by atomic mass is 9.98. The van der Waals surface area contributed by atoms with Crippen LogP contribution < -0.4 is 5.73 Å². The van der Waals surface area contributed by atoms with Gasteiger partial charge in [0.25, 0.3) is 12.9 Å². The van der Waals surface area contributed by atoms with Gasteiger partial charge in [-0.05, 0) is 18.2 Å². The number of nitrogens with two attached hydrogens (primary N) is 1. The van der Waals surface area contributed by atoms with Crippen LogP contribution in [0.4, 0.5) is 0 Å². The van der Waals surface area contributed by atoms with Crippen LogP contribution in [-0.4, -0.2) is 55.3 Å². The lowest BCUT2D eigenvalue weighted by Gasteiger charge is -2.42. The van der Waals surface area contributed by atoms with Gasteiger partial charge in [-0.25, -0.2) is 0 Å². The Kier molecular flexibility index (Phi) is 8.18. The second-order valence-corrected chi connectivity index (χ2v) is 7.49. The summed E-state index contributed by atoms with van der Waals surface area (Å²) in [7, 11) is 0. The molecule has 11 heteroatoms. The highest BCUT2D eigenvalue weighted by atomic mass is 35.5. The minimum absolute atomic E-state index is 0.199. The molecule has 2 N–H and O–H groups in total. The molecule has 8 nitrogen and oxygen atoms in total. The van der Waals surface area contributed by atoms with Gasteiger partial charge in [-0.3, -0.25) is 14.4 Å². The summed E-state index contributed by atoms with van der Waals surface area (Å²) in [5.74, 6) is -0.537. The van der Waals surface area contributed by atoms with E-state index in [1.807, 2.05) is 0 Å². The van der Waals surface area contributed by atoms with Crippen LogP contribution in [0.2, 0.25) is 10.0 Å². The minimum atomic E-state index is -0.988. The normalized spacial score (nSPS) is 27.5. The smallest absolute Gasteiger partial charge is 0.302 e. The summed E-state index contributed by atoms with van der Waals surface area (Å²) in [6.07, 6.45) is -2.81. The zero-order chi connectivity index (χ0) is 20.0. The van der Waals surface area contributed by atoms with Crippen LogP contribution in [0.3, 0.4) is 0 Å². The summed E-state index contributed by atoms with van der Waals surface area (Å²) >= 11 is 13.3. The van der Waals surface area contributed by atoms with Crippen molar-refractivity contribution in [2.75, 3.05) is 6.61 Å². The van der Waals surface area contributed by atoms with E-state index in [0.717, 1.165) is 11.8 Å². The first-order valence-corrected chi connectivity index (χ1v) is 9.35. The average Bonchev–Trinajstić information content (AvgIpc) is 2.62. The van der Waals surface area contributed by atoms with E-state index >= 15 is 0 Å². The molecule has 1 aliphatic heterocycles. The van der Waals surface area contributed by atoms with Gasteiger partial charge >= 0.3 is 5.97 Å². The van der Waals surface area contributed by atoms with Crippen molar-refractivity contribution < 1.29 is 33.3 Å². The number of benzene rings is 1. The van der Waals surface area contributed by atoms with Crippen molar-refractivity contribution in [1.29, 1.82) is 0 Å². The molecule has 1 fully saturated rings. The van der Waals surface area contributed by atoms with E-state index in [-0.39, 0.29) is 19.6 Å². The number of rotatable bonds is 8. The standard InChI is InChI=1S/C16H17Cl2NO7S/c1-8(22)23-5-11-14(24-6-20)13(19)15(25-7-21)16(26-11)27-12-4-9(17)2-3-10(12)18/h2-4,6-7,11,13-16H,5,19H2,1H3. The van der Waals surface area contributed by atoms with Gasteiger partial charge in [0, 0.05) is 16.8 Å². The second-order valence-electron chi connectivity index (χ2n) is 5.51. The maximum absolute atomic E-state index is 11.1. The lowest BCUT2D eigenvalue weighted by Crippen LogP contribution is -2.63. The molecule has 0 bridgehead atoms. The fraction of sp³-hybridized carbons (Fsp3) is 0.438. The molecule has 1 heterocycles. The third-order valence-electron chi connectivity index (χ3n) is 3.71. The average molecular weight is 438 g/mol. The number of carbonyl (C=O) groups excluding carboxylic acids is 3. The van der Waals surface area contributed by atoms with E-state index in [9.17, 15) is 14.4 Å². The van der Waals surface area contributed by atoms with Gasteiger partial charge in [0.1, 0.15) is 24.3 Å². The Morgan fingerprint density at radius 3 is 2.56 bits per heavy atom. The third kappa shape index (κ3) is 5.73. The summed E-state index contributed by atoms with van der Waals surface area (Å²) in [6, 6.07) is 3.93. The van der Waals surface area contributed by atoms with Gasteiger partial charge in [-0.15, -0.1) is 0 Å². The molecule has 5 atom stereocenters. The van der Waals surface area contributed by atoms with Gasteiger partial charge < -0.3 is 24.7 Å². The van der Waals surface area contributed by atoms with E-state index in [1.54, 1.807) is 18.2 Å². The Morgan fingerprint density at radius 1 is 1.26 bits per heavy atom. The molecule has 148 valence electrons. The Labute approximate surface area is 169 Å². The summed E-state index contributed by atoms with van der Waals surface area (Å²) in [6.45, 7) is 1.46. The molecule has 1 aromatic carbocycles. The summed E-state index contributed by atoms with van der Waals surface area (Å²) in [5, 5.41) is 0.864. The number of thioether (sulfide) groups is 1. The molecular weight excluding hydrogens is 421 g/mol. The molecule has 1 saturated heterocycles.